The van der Waals surface area contributed by atoms with Crippen LogP contribution in [0.1, 0.15) is 25.1 Å². The minimum absolute atomic E-state index is 0.553. The second kappa shape index (κ2) is 4.78. The molecule has 1 heterocycles. The summed E-state index contributed by atoms with van der Waals surface area (Å²) in [5.74, 6) is 0.817. The van der Waals surface area contributed by atoms with Gasteiger partial charge < -0.3 is 9.84 Å². The zero-order chi connectivity index (χ0) is 13.2. The van der Waals surface area contributed by atoms with Crippen LogP contribution in [0, 0.1) is 0 Å². The van der Waals surface area contributed by atoms with Crippen molar-refractivity contribution < 1.29 is 9.84 Å². The maximum Gasteiger partial charge on any atom is 0.123 e. The molecule has 0 saturated carbocycles. The third-order valence-corrected chi connectivity index (χ3v) is 2.69. The topological polar surface area (TPSA) is 60.2 Å². The van der Waals surface area contributed by atoms with Gasteiger partial charge in [0.15, 0.2) is 0 Å². The van der Waals surface area contributed by atoms with Crippen molar-refractivity contribution >= 4 is 0 Å². The third-order valence-electron chi connectivity index (χ3n) is 2.69. The van der Waals surface area contributed by atoms with Gasteiger partial charge in [-0.2, -0.15) is 0 Å². The van der Waals surface area contributed by atoms with Gasteiger partial charge in [0.25, 0.3) is 0 Å². The van der Waals surface area contributed by atoms with E-state index in [0.29, 0.717) is 12.2 Å². The van der Waals surface area contributed by atoms with Gasteiger partial charge in [0, 0.05) is 5.56 Å². The van der Waals surface area contributed by atoms with Crippen molar-refractivity contribution in [3.8, 4) is 5.75 Å². The van der Waals surface area contributed by atoms with Gasteiger partial charge >= 0.3 is 0 Å². The van der Waals surface area contributed by atoms with Gasteiger partial charge in [-0.1, -0.05) is 23.4 Å². The number of methoxy groups -OCH3 is 1. The first kappa shape index (κ1) is 12.6. The van der Waals surface area contributed by atoms with Crippen LogP contribution in [0.4, 0.5) is 0 Å². The number of aliphatic hydroxyl groups is 1. The van der Waals surface area contributed by atoms with Crippen molar-refractivity contribution in [1.29, 1.82) is 0 Å². The Labute approximate surface area is 106 Å². The molecular formula is C13H17N3O2. The highest BCUT2D eigenvalue weighted by Crippen LogP contribution is 2.20. The van der Waals surface area contributed by atoms with E-state index in [-0.39, 0.29) is 0 Å². The molecule has 0 radical (unpaired) electrons. The molecule has 0 aliphatic carbocycles. The minimum Gasteiger partial charge on any atom is -0.496 e. The number of para-hydroxylation sites is 1. The standard InChI is InChI=1S/C13H17N3O2/c1-13(2,17)12-9-16(15-14-12)8-10-6-4-5-7-11(10)18-3/h4-7,9,17H,8H2,1-3H3. The Balaban J connectivity index is 2.22. The zero-order valence-corrected chi connectivity index (χ0v) is 10.8. The summed E-state index contributed by atoms with van der Waals surface area (Å²) in [5.41, 5.74) is 0.601. The van der Waals surface area contributed by atoms with Gasteiger partial charge in [0.2, 0.25) is 0 Å². The summed E-state index contributed by atoms with van der Waals surface area (Å²) in [6, 6.07) is 7.75. The average molecular weight is 247 g/mol. The van der Waals surface area contributed by atoms with E-state index in [4.69, 9.17) is 4.74 Å². The summed E-state index contributed by atoms with van der Waals surface area (Å²) in [4.78, 5) is 0. The summed E-state index contributed by atoms with van der Waals surface area (Å²) in [7, 11) is 1.64. The minimum atomic E-state index is -0.973. The smallest absolute Gasteiger partial charge is 0.123 e. The second-order valence-electron chi connectivity index (χ2n) is 4.67. The number of nitrogens with zero attached hydrogens (tertiary/aromatic N) is 3. The van der Waals surface area contributed by atoms with E-state index in [1.807, 2.05) is 24.3 Å². The summed E-state index contributed by atoms with van der Waals surface area (Å²) in [6.45, 7) is 3.93. The molecule has 1 aromatic heterocycles. The van der Waals surface area contributed by atoms with E-state index in [2.05, 4.69) is 10.3 Å². The molecule has 18 heavy (non-hydrogen) atoms. The molecule has 96 valence electrons. The van der Waals surface area contributed by atoms with E-state index in [1.165, 1.54) is 0 Å². The number of ether oxygens (including phenoxy) is 1. The lowest BCUT2D eigenvalue weighted by Crippen LogP contribution is -2.15. The number of hydrogen-bond acceptors (Lipinski definition) is 4. The molecule has 0 fully saturated rings. The van der Waals surface area contributed by atoms with Crippen LogP contribution >= 0.6 is 0 Å². The third kappa shape index (κ3) is 2.68. The molecule has 2 rings (SSSR count). The molecule has 0 aliphatic rings. The summed E-state index contributed by atoms with van der Waals surface area (Å²) < 4.78 is 6.97. The number of hydrogen-bond donors (Lipinski definition) is 1. The lowest BCUT2D eigenvalue weighted by molar-refractivity contribution is 0.0737. The molecule has 0 atom stereocenters. The van der Waals surface area contributed by atoms with Crippen LogP contribution in [-0.2, 0) is 12.1 Å². The fourth-order valence-electron chi connectivity index (χ4n) is 1.66. The maximum absolute atomic E-state index is 9.83. The first-order valence-corrected chi connectivity index (χ1v) is 5.75. The van der Waals surface area contributed by atoms with Gasteiger partial charge in [-0.3, -0.25) is 0 Å². The first-order chi connectivity index (χ1) is 8.50. The zero-order valence-electron chi connectivity index (χ0n) is 10.8. The van der Waals surface area contributed by atoms with Crippen molar-refractivity contribution in [3.05, 3.63) is 41.7 Å². The molecule has 5 nitrogen and oxygen atoms in total. The van der Waals surface area contributed by atoms with Crippen molar-refractivity contribution in [1.82, 2.24) is 15.0 Å². The van der Waals surface area contributed by atoms with E-state index >= 15 is 0 Å². The van der Waals surface area contributed by atoms with Crippen LogP contribution in [0.2, 0.25) is 0 Å². The highest BCUT2D eigenvalue weighted by molar-refractivity contribution is 5.33. The first-order valence-electron chi connectivity index (χ1n) is 5.75. The fourth-order valence-corrected chi connectivity index (χ4v) is 1.66. The Morgan fingerprint density at radius 1 is 1.33 bits per heavy atom. The molecule has 0 aliphatic heterocycles. The van der Waals surface area contributed by atoms with E-state index in [1.54, 1.807) is 31.8 Å². The molecule has 5 heteroatoms. The van der Waals surface area contributed by atoms with Gasteiger partial charge in [-0.05, 0) is 19.9 Å². The quantitative estimate of drug-likeness (QED) is 0.890. The average Bonchev–Trinajstić information content (AvgIpc) is 2.78. The lowest BCUT2D eigenvalue weighted by atomic mass is 10.1. The van der Waals surface area contributed by atoms with Crippen LogP contribution < -0.4 is 4.74 Å². The fraction of sp³-hybridized carbons (Fsp3) is 0.385. The van der Waals surface area contributed by atoms with E-state index in [0.717, 1.165) is 11.3 Å². The second-order valence-corrected chi connectivity index (χ2v) is 4.67. The van der Waals surface area contributed by atoms with Crippen molar-refractivity contribution in [2.24, 2.45) is 0 Å². The van der Waals surface area contributed by atoms with Gasteiger partial charge in [-0.15, -0.1) is 5.10 Å². The number of benzene rings is 1. The van der Waals surface area contributed by atoms with Gasteiger partial charge in [0.05, 0.1) is 19.9 Å². The summed E-state index contributed by atoms with van der Waals surface area (Å²) in [6.07, 6.45) is 1.74. The molecule has 1 aromatic carbocycles. The monoisotopic (exact) mass is 247 g/mol. The highest BCUT2D eigenvalue weighted by Gasteiger charge is 2.20. The Bertz CT molecular complexity index is 529. The Morgan fingerprint density at radius 3 is 2.67 bits per heavy atom. The molecule has 0 bridgehead atoms. The van der Waals surface area contributed by atoms with Crippen molar-refractivity contribution in [3.63, 3.8) is 0 Å². The Kier molecular flexibility index (Phi) is 3.34. The van der Waals surface area contributed by atoms with Crippen LogP contribution in [0.3, 0.4) is 0 Å². The van der Waals surface area contributed by atoms with Crippen LogP contribution in [0.15, 0.2) is 30.5 Å². The molecular weight excluding hydrogens is 230 g/mol. The lowest BCUT2D eigenvalue weighted by Gasteiger charge is -2.12. The number of aromatic nitrogens is 3. The van der Waals surface area contributed by atoms with Crippen LogP contribution in [-0.4, -0.2) is 27.2 Å². The molecule has 0 saturated heterocycles. The SMILES string of the molecule is COc1ccccc1Cn1cc(C(C)(C)O)nn1. The van der Waals surface area contributed by atoms with Crippen molar-refractivity contribution in [2.45, 2.75) is 26.0 Å². The molecule has 0 unspecified atom stereocenters. The van der Waals surface area contributed by atoms with Gasteiger partial charge in [0.1, 0.15) is 17.0 Å². The molecule has 2 aromatic rings. The molecule has 0 spiro atoms. The van der Waals surface area contributed by atoms with Crippen molar-refractivity contribution in [2.75, 3.05) is 7.11 Å². The highest BCUT2D eigenvalue weighted by atomic mass is 16.5. The molecule has 1 N–H and O–H groups in total. The normalized spacial score (nSPS) is 11.6. The Morgan fingerprint density at radius 2 is 2.06 bits per heavy atom. The van der Waals surface area contributed by atoms with E-state index in [9.17, 15) is 5.11 Å². The molecule has 0 amide bonds. The maximum atomic E-state index is 9.83. The Hall–Kier alpha value is -1.88. The van der Waals surface area contributed by atoms with E-state index < -0.39 is 5.60 Å². The predicted octanol–water partition coefficient (Wildman–Crippen LogP) is 1.56. The summed E-state index contributed by atoms with van der Waals surface area (Å²) >= 11 is 0. The largest absolute Gasteiger partial charge is 0.496 e. The number of rotatable bonds is 4. The van der Waals surface area contributed by atoms with Gasteiger partial charge in [-0.25, -0.2) is 4.68 Å². The summed E-state index contributed by atoms with van der Waals surface area (Å²) in [5, 5.41) is 17.8. The van der Waals surface area contributed by atoms with Crippen LogP contribution in [0.5, 0.6) is 5.75 Å². The predicted molar refractivity (Wildman–Crippen MR) is 67.4 cm³/mol. The van der Waals surface area contributed by atoms with Crippen LogP contribution in [0.25, 0.3) is 0 Å².